The van der Waals surface area contributed by atoms with E-state index in [0.29, 0.717) is 23.0 Å². The van der Waals surface area contributed by atoms with Crippen molar-refractivity contribution < 1.29 is 14.3 Å². The van der Waals surface area contributed by atoms with Crippen LogP contribution < -0.4 is 20.7 Å². The average molecular weight is 312 g/mol. The van der Waals surface area contributed by atoms with Gasteiger partial charge < -0.3 is 20.7 Å². The summed E-state index contributed by atoms with van der Waals surface area (Å²) >= 11 is 6.14. The molecule has 21 heavy (non-hydrogen) atoms. The van der Waals surface area contributed by atoms with E-state index in [2.05, 4.69) is 5.32 Å². The van der Waals surface area contributed by atoms with Crippen molar-refractivity contribution in [2.24, 2.45) is 5.73 Å². The maximum Gasteiger partial charge on any atom is 0.312 e. The highest BCUT2D eigenvalue weighted by Gasteiger charge is 2.29. The number of benzene rings is 1. The Morgan fingerprint density at radius 2 is 2.29 bits per heavy atom. The highest BCUT2D eigenvalue weighted by atomic mass is 35.5. The van der Waals surface area contributed by atoms with Crippen molar-refractivity contribution in [1.82, 2.24) is 5.32 Å². The molecule has 114 valence electrons. The number of nitrogens with one attached hydrogen (secondary N) is 1. The zero-order valence-corrected chi connectivity index (χ0v) is 12.5. The van der Waals surface area contributed by atoms with Crippen LogP contribution in [0.15, 0.2) is 18.2 Å². The predicted molar refractivity (Wildman–Crippen MR) is 80.7 cm³/mol. The molecule has 3 amide bonds. The van der Waals surface area contributed by atoms with Gasteiger partial charge in [-0.3, -0.25) is 4.79 Å². The Balaban J connectivity index is 2.17. The number of nitrogens with zero attached hydrogens (tertiary/aromatic N) is 1. The topological polar surface area (TPSA) is 84.7 Å². The summed E-state index contributed by atoms with van der Waals surface area (Å²) in [6.07, 6.45) is 0.852. The van der Waals surface area contributed by atoms with Crippen LogP contribution in [-0.2, 0) is 4.79 Å². The molecule has 0 aromatic heterocycles. The van der Waals surface area contributed by atoms with Crippen molar-refractivity contribution in [3.63, 3.8) is 0 Å². The molecule has 0 radical (unpaired) electrons. The van der Waals surface area contributed by atoms with Gasteiger partial charge in [0, 0.05) is 13.0 Å². The van der Waals surface area contributed by atoms with Crippen molar-refractivity contribution in [3.05, 3.63) is 23.2 Å². The molecule has 6 nitrogen and oxygen atoms in total. The molecule has 7 heteroatoms. The molecule has 1 aromatic rings. The molecule has 0 saturated carbocycles. The largest absolute Gasteiger partial charge is 0.485 e. The third-order valence-electron chi connectivity index (χ3n) is 3.30. The molecule has 0 bridgehead atoms. The molecule has 0 aliphatic carbocycles. The maximum absolute atomic E-state index is 12.4. The van der Waals surface area contributed by atoms with Gasteiger partial charge in [0.15, 0.2) is 5.75 Å². The predicted octanol–water partition coefficient (Wildman–Crippen LogP) is 1.90. The Bertz CT molecular complexity index is 550. The van der Waals surface area contributed by atoms with Gasteiger partial charge in [0.05, 0.1) is 17.3 Å². The van der Waals surface area contributed by atoms with Crippen LogP contribution in [0.25, 0.3) is 0 Å². The number of nitrogens with two attached hydrogens (primary N) is 1. The Labute approximate surface area is 128 Å². The summed E-state index contributed by atoms with van der Waals surface area (Å²) in [5.74, 6) is 0.433. The van der Waals surface area contributed by atoms with E-state index in [0.717, 1.165) is 6.42 Å². The second-order valence-electron chi connectivity index (χ2n) is 4.78. The minimum absolute atomic E-state index is 0.0922. The van der Waals surface area contributed by atoms with Gasteiger partial charge in [0.25, 0.3) is 0 Å². The molecule has 1 aliphatic heterocycles. The molecular formula is C14H18ClN3O3. The number of hydrogen-bond acceptors (Lipinski definition) is 3. The van der Waals surface area contributed by atoms with Gasteiger partial charge in [-0.2, -0.15) is 0 Å². The number of halogens is 1. The van der Waals surface area contributed by atoms with E-state index >= 15 is 0 Å². The van der Waals surface area contributed by atoms with Gasteiger partial charge in [-0.05, 0) is 18.6 Å². The standard InChI is InChI=1S/C14H18ClN3O3/c1-2-9-8-18(12(19)6-7-17-14(16)20)11-5-3-4-10(15)13(11)21-9/h3-5,9H,2,6-8H2,1H3,(H3,16,17,20). The summed E-state index contributed by atoms with van der Waals surface area (Å²) in [6, 6.07) is 4.67. The summed E-state index contributed by atoms with van der Waals surface area (Å²) in [5, 5.41) is 2.90. The Hall–Kier alpha value is -1.95. The number of rotatable bonds is 4. The quantitative estimate of drug-likeness (QED) is 0.890. The second-order valence-corrected chi connectivity index (χ2v) is 5.19. The van der Waals surface area contributed by atoms with Crippen molar-refractivity contribution >= 4 is 29.2 Å². The zero-order valence-electron chi connectivity index (χ0n) is 11.8. The molecule has 0 fully saturated rings. The summed E-state index contributed by atoms with van der Waals surface area (Å²) in [7, 11) is 0. The van der Waals surface area contributed by atoms with Gasteiger partial charge >= 0.3 is 6.03 Å². The Morgan fingerprint density at radius 3 is 2.95 bits per heavy atom. The Morgan fingerprint density at radius 1 is 1.52 bits per heavy atom. The van der Waals surface area contributed by atoms with E-state index in [-0.39, 0.29) is 25.0 Å². The number of amides is 3. The van der Waals surface area contributed by atoms with Crippen LogP contribution in [0.1, 0.15) is 19.8 Å². The zero-order chi connectivity index (χ0) is 15.4. The number of carbonyl (C=O) groups is 2. The first-order valence-electron chi connectivity index (χ1n) is 6.81. The van der Waals surface area contributed by atoms with Gasteiger partial charge in [0.2, 0.25) is 5.91 Å². The van der Waals surface area contributed by atoms with Crippen LogP contribution in [0, 0.1) is 0 Å². The van der Waals surface area contributed by atoms with Crippen molar-refractivity contribution in [2.45, 2.75) is 25.9 Å². The first-order chi connectivity index (χ1) is 10.0. The first-order valence-corrected chi connectivity index (χ1v) is 7.19. The van der Waals surface area contributed by atoms with Crippen LogP contribution in [0.3, 0.4) is 0 Å². The summed E-state index contributed by atoms with van der Waals surface area (Å²) in [4.78, 5) is 24.7. The lowest BCUT2D eigenvalue weighted by Crippen LogP contribution is -2.44. The van der Waals surface area contributed by atoms with E-state index in [1.165, 1.54) is 0 Å². The molecule has 1 unspecified atom stereocenters. The lowest BCUT2D eigenvalue weighted by molar-refractivity contribution is -0.119. The summed E-state index contributed by atoms with van der Waals surface area (Å²) in [6.45, 7) is 2.67. The van der Waals surface area contributed by atoms with Crippen LogP contribution in [-0.4, -0.2) is 31.1 Å². The molecular weight excluding hydrogens is 294 g/mol. The van der Waals surface area contributed by atoms with Crippen LogP contribution in [0.4, 0.5) is 10.5 Å². The van der Waals surface area contributed by atoms with Gasteiger partial charge in [-0.15, -0.1) is 0 Å². The number of carbonyl (C=O) groups excluding carboxylic acids is 2. The fourth-order valence-corrected chi connectivity index (χ4v) is 2.42. The number of fused-ring (bicyclic) bond motifs is 1. The summed E-state index contributed by atoms with van der Waals surface area (Å²) < 4.78 is 5.82. The molecule has 0 spiro atoms. The van der Waals surface area contributed by atoms with E-state index in [4.69, 9.17) is 22.1 Å². The van der Waals surface area contributed by atoms with E-state index in [1.807, 2.05) is 6.92 Å². The number of urea groups is 1. The monoisotopic (exact) mass is 311 g/mol. The van der Waals surface area contributed by atoms with Crippen LogP contribution in [0.2, 0.25) is 5.02 Å². The molecule has 3 N–H and O–H groups in total. The van der Waals surface area contributed by atoms with E-state index in [1.54, 1.807) is 23.1 Å². The fourth-order valence-electron chi connectivity index (χ4n) is 2.21. The second kappa shape index (κ2) is 6.67. The summed E-state index contributed by atoms with van der Waals surface area (Å²) in [5.41, 5.74) is 5.65. The maximum atomic E-state index is 12.4. The highest BCUT2D eigenvalue weighted by Crippen LogP contribution is 2.39. The Kier molecular flexibility index (Phi) is 4.90. The van der Waals surface area contributed by atoms with E-state index < -0.39 is 6.03 Å². The lowest BCUT2D eigenvalue weighted by atomic mass is 10.1. The molecule has 1 aromatic carbocycles. The highest BCUT2D eigenvalue weighted by molar-refractivity contribution is 6.32. The normalized spacial score (nSPS) is 16.9. The molecule has 0 saturated heterocycles. The van der Waals surface area contributed by atoms with Crippen molar-refractivity contribution in [3.8, 4) is 5.75 Å². The van der Waals surface area contributed by atoms with E-state index in [9.17, 15) is 9.59 Å². The number of para-hydroxylation sites is 1. The number of primary amides is 1. The third kappa shape index (κ3) is 3.58. The minimum Gasteiger partial charge on any atom is -0.485 e. The minimum atomic E-state index is -0.639. The number of hydrogen-bond donors (Lipinski definition) is 2. The van der Waals surface area contributed by atoms with Crippen LogP contribution >= 0.6 is 11.6 Å². The van der Waals surface area contributed by atoms with Gasteiger partial charge in [-0.25, -0.2) is 4.79 Å². The third-order valence-corrected chi connectivity index (χ3v) is 3.60. The molecule has 1 heterocycles. The lowest BCUT2D eigenvalue weighted by Gasteiger charge is -2.35. The first kappa shape index (κ1) is 15.4. The van der Waals surface area contributed by atoms with Crippen molar-refractivity contribution in [1.29, 1.82) is 0 Å². The smallest absolute Gasteiger partial charge is 0.312 e. The average Bonchev–Trinajstić information content (AvgIpc) is 2.46. The van der Waals surface area contributed by atoms with Gasteiger partial charge in [0.1, 0.15) is 6.10 Å². The number of ether oxygens (including phenoxy) is 1. The number of anilines is 1. The van der Waals surface area contributed by atoms with Crippen molar-refractivity contribution in [2.75, 3.05) is 18.0 Å². The molecule has 1 atom stereocenters. The van der Waals surface area contributed by atoms with Gasteiger partial charge in [-0.1, -0.05) is 24.6 Å². The van der Waals surface area contributed by atoms with Crippen LogP contribution in [0.5, 0.6) is 5.75 Å². The SMILES string of the molecule is CCC1CN(C(=O)CCNC(N)=O)c2cccc(Cl)c2O1. The molecule has 1 aliphatic rings. The molecule has 2 rings (SSSR count). The fraction of sp³-hybridized carbons (Fsp3) is 0.429.